The minimum absolute atomic E-state index is 0.504. The number of hydrogen-bond donors (Lipinski definition) is 0. The molecule has 0 heterocycles. The second-order valence-electron chi connectivity index (χ2n) is 4.30. The second-order valence-corrected chi connectivity index (χ2v) is 7.33. The Balaban J connectivity index is 3.35. The second kappa shape index (κ2) is 5.96. The van der Waals surface area contributed by atoms with E-state index < -0.39 is 42.7 Å². The van der Waals surface area contributed by atoms with E-state index in [2.05, 4.69) is 4.18 Å². The summed E-state index contributed by atoms with van der Waals surface area (Å²) in [5, 5.41) is -6.04. The Labute approximate surface area is 127 Å². The summed E-state index contributed by atoms with van der Waals surface area (Å²) < 4.78 is 122. The molecule has 1 rings (SSSR count). The monoisotopic (exact) mass is 383 g/mol. The lowest BCUT2D eigenvalue weighted by atomic mass is 10.2. The van der Waals surface area contributed by atoms with Crippen molar-refractivity contribution in [1.29, 1.82) is 0 Å². The highest BCUT2D eigenvalue weighted by atomic mass is 32.2. The third kappa shape index (κ3) is 4.37. The summed E-state index contributed by atoms with van der Waals surface area (Å²) in [4.78, 5) is -0.920. The molecule has 0 amide bonds. The van der Waals surface area contributed by atoms with Crippen molar-refractivity contribution in [3.63, 3.8) is 0 Å². The van der Waals surface area contributed by atoms with Gasteiger partial charge in [0.25, 0.3) is 10.1 Å². The van der Waals surface area contributed by atoms with E-state index in [9.17, 15) is 43.3 Å². The predicted octanol–water partition coefficient (Wildman–Crippen LogP) is 1.77. The van der Waals surface area contributed by atoms with E-state index in [1.165, 1.54) is 6.92 Å². The molecule has 0 aromatic heterocycles. The maximum atomic E-state index is 13.2. The van der Waals surface area contributed by atoms with Gasteiger partial charge in [0.05, 0.1) is 4.90 Å². The molecule has 1 unspecified atom stereocenters. The topological polar surface area (TPSA) is 101 Å². The van der Waals surface area contributed by atoms with Crippen LogP contribution in [0.4, 0.5) is 22.0 Å². The largest absolute Gasteiger partial charge is 0.743 e. The van der Waals surface area contributed by atoms with Crippen LogP contribution in [0, 0.1) is 6.92 Å². The van der Waals surface area contributed by atoms with Gasteiger partial charge in [0.1, 0.15) is 0 Å². The quantitative estimate of drug-likeness (QED) is 0.436. The van der Waals surface area contributed by atoms with Crippen molar-refractivity contribution in [2.45, 2.75) is 29.4 Å². The molecule has 0 radical (unpaired) electrons. The molecule has 23 heavy (non-hydrogen) atoms. The van der Waals surface area contributed by atoms with Crippen molar-refractivity contribution >= 4 is 20.2 Å². The molecule has 0 saturated carbocycles. The first-order valence-corrected chi connectivity index (χ1v) is 8.30. The molecule has 6 nitrogen and oxygen atoms in total. The number of hydrogen-bond acceptors (Lipinski definition) is 6. The summed E-state index contributed by atoms with van der Waals surface area (Å²) in [5.41, 5.74) is 0.504. The lowest BCUT2D eigenvalue weighted by Crippen LogP contribution is -2.52. The number of benzene rings is 1. The molecule has 0 aliphatic carbocycles. The Kier molecular flexibility index (Phi) is 5.11. The minimum atomic E-state index is -6.84. The maximum Gasteiger partial charge on any atom is 0.423 e. The van der Waals surface area contributed by atoms with Gasteiger partial charge in [0.15, 0.2) is 10.1 Å². The summed E-state index contributed by atoms with van der Waals surface area (Å²) in [5.74, 6) is 0. The molecule has 13 heteroatoms. The summed E-state index contributed by atoms with van der Waals surface area (Å²) in [6, 6.07) is 3.81. The van der Waals surface area contributed by atoms with Crippen molar-refractivity contribution in [2.24, 2.45) is 0 Å². The van der Waals surface area contributed by atoms with Gasteiger partial charge in [0.2, 0.25) is 6.10 Å². The molecular formula is C10H8F5O6S2-. The summed E-state index contributed by atoms with van der Waals surface area (Å²) in [6.45, 7) is 1.51. The standard InChI is InChI=1S/C10H9F5O6S2/c1-6-2-4-7(5-3-6)22(16,17)21-8(9(11,12)13)10(14,15)23(18,19)20/h2-5,8H,1H3,(H,18,19,20)/p-1. The van der Waals surface area contributed by atoms with Gasteiger partial charge < -0.3 is 4.55 Å². The van der Waals surface area contributed by atoms with Crippen LogP contribution in [0.3, 0.4) is 0 Å². The molecule has 1 aromatic carbocycles. The van der Waals surface area contributed by atoms with Crippen LogP contribution in [0.25, 0.3) is 0 Å². The smallest absolute Gasteiger partial charge is 0.423 e. The Morgan fingerprint density at radius 3 is 1.78 bits per heavy atom. The Morgan fingerprint density at radius 1 is 1.00 bits per heavy atom. The van der Waals surface area contributed by atoms with Crippen LogP contribution in [0.1, 0.15) is 5.56 Å². The number of alkyl halides is 5. The zero-order valence-corrected chi connectivity index (χ0v) is 12.7. The van der Waals surface area contributed by atoms with E-state index in [0.29, 0.717) is 5.56 Å². The molecule has 0 spiro atoms. The third-order valence-corrected chi connectivity index (χ3v) is 4.64. The number of aryl methyl sites for hydroxylation is 1. The zero-order chi connectivity index (χ0) is 18.3. The molecule has 0 fully saturated rings. The van der Waals surface area contributed by atoms with E-state index in [1.807, 2.05) is 0 Å². The van der Waals surface area contributed by atoms with E-state index in [-0.39, 0.29) is 0 Å². The van der Waals surface area contributed by atoms with E-state index >= 15 is 0 Å². The Bertz CT molecular complexity index is 767. The highest BCUT2D eigenvalue weighted by molar-refractivity contribution is 7.87. The van der Waals surface area contributed by atoms with Gasteiger partial charge in [-0.3, -0.25) is 0 Å². The summed E-state index contributed by atoms with van der Waals surface area (Å²) in [6.07, 6.45) is -10.8. The van der Waals surface area contributed by atoms with Gasteiger partial charge in [-0.25, -0.2) is 12.6 Å². The van der Waals surface area contributed by atoms with E-state index in [4.69, 9.17) is 0 Å². The zero-order valence-electron chi connectivity index (χ0n) is 11.0. The van der Waals surface area contributed by atoms with Gasteiger partial charge in [-0.05, 0) is 19.1 Å². The molecule has 0 N–H and O–H groups in total. The summed E-state index contributed by atoms with van der Waals surface area (Å²) >= 11 is 0. The molecule has 132 valence electrons. The van der Waals surface area contributed by atoms with Crippen LogP contribution in [0.2, 0.25) is 0 Å². The molecular weight excluding hydrogens is 375 g/mol. The first-order chi connectivity index (χ1) is 10.1. The van der Waals surface area contributed by atoms with Crippen LogP contribution in [-0.2, 0) is 24.4 Å². The van der Waals surface area contributed by atoms with Gasteiger partial charge in [-0.1, -0.05) is 17.7 Å². The molecule has 0 aliphatic heterocycles. The number of halogens is 5. The SMILES string of the molecule is Cc1ccc(S(=O)(=O)OC(C(F)(F)F)C(F)(F)S(=O)(=O)[O-])cc1. The molecule has 1 aromatic rings. The van der Waals surface area contributed by atoms with Crippen molar-refractivity contribution in [1.82, 2.24) is 0 Å². The van der Waals surface area contributed by atoms with Crippen molar-refractivity contribution in [3.8, 4) is 0 Å². The minimum Gasteiger partial charge on any atom is -0.743 e. The first kappa shape index (κ1) is 19.7. The lowest BCUT2D eigenvalue weighted by molar-refractivity contribution is -0.238. The Morgan fingerprint density at radius 2 is 1.43 bits per heavy atom. The van der Waals surface area contributed by atoms with Crippen molar-refractivity contribution < 1.29 is 47.5 Å². The van der Waals surface area contributed by atoms with Crippen molar-refractivity contribution in [2.75, 3.05) is 0 Å². The van der Waals surface area contributed by atoms with E-state index in [1.54, 1.807) is 0 Å². The fraction of sp³-hybridized carbons (Fsp3) is 0.400. The van der Waals surface area contributed by atoms with Gasteiger partial charge in [0, 0.05) is 0 Å². The van der Waals surface area contributed by atoms with Crippen LogP contribution < -0.4 is 0 Å². The van der Waals surface area contributed by atoms with Crippen molar-refractivity contribution in [3.05, 3.63) is 29.8 Å². The van der Waals surface area contributed by atoms with Gasteiger partial charge >= 0.3 is 11.4 Å². The highest BCUT2D eigenvalue weighted by Gasteiger charge is 2.63. The van der Waals surface area contributed by atoms with Crippen LogP contribution in [0.5, 0.6) is 0 Å². The van der Waals surface area contributed by atoms with Gasteiger partial charge in [-0.15, -0.1) is 0 Å². The van der Waals surface area contributed by atoms with Crippen LogP contribution in [0.15, 0.2) is 29.2 Å². The third-order valence-electron chi connectivity index (χ3n) is 2.47. The lowest BCUT2D eigenvalue weighted by Gasteiger charge is -2.29. The average molecular weight is 383 g/mol. The molecule has 0 aliphatic rings. The van der Waals surface area contributed by atoms with Gasteiger partial charge in [-0.2, -0.15) is 30.4 Å². The highest BCUT2D eigenvalue weighted by Crippen LogP contribution is 2.39. The molecule has 0 saturated heterocycles. The van der Waals surface area contributed by atoms with Crippen LogP contribution >= 0.6 is 0 Å². The predicted molar refractivity (Wildman–Crippen MR) is 63.9 cm³/mol. The first-order valence-electron chi connectivity index (χ1n) is 5.49. The fourth-order valence-corrected chi connectivity index (χ4v) is 2.89. The Hall–Kier alpha value is -1.31. The number of rotatable bonds is 5. The molecule has 1 atom stereocenters. The van der Waals surface area contributed by atoms with E-state index in [0.717, 1.165) is 24.3 Å². The normalized spacial score (nSPS) is 15.4. The molecule has 0 bridgehead atoms. The van der Waals surface area contributed by atoms with Crippen LogP contribution in [-0.4, -0.2) is 38.9 Å². The fourth-order valence-electron chi connectivity index (χ4n) is 1.32. The summed E-state index contributed by atoms with van der Waals surface area (Å²) in [7, 11) is -12.2. The average Bonchev–Trinajstić information content (AvgIpc) is 2.33. The maximum absolute atomic E-state index is 13.2.